The molecule has 1 aromatic rings. The first-order valence-corrected chi connectivity index (χ1v) is 8.21. The lowest BCUT2D eigenvalue weighted by Gasteiger charge is -2.37. The van der Waals surface area contributed by atoms with E-state index in [0.29, 0.717) is 10.8 Å². The van der Waals surface area contributed by atoms with E-state index in [2.05, 4.69) is 55.8 Å². The molecule has 1 aliphatic heterocycles. The molecular weight excluding hydrogens is 242 g/mol. The fourth-order valence-electron chi connectivity index (χ4n) is 5.29. The van der Waals surface area contributed by atoms with Crippen LogP contribution in [-0.2, 0) is 6.42 Å². The van der Waals surface area contributed by atoms with E-state index >= 15 is 0 Å². The summed E-state index contributed by atoms with van der Waals surface area (Å²) in [5.74, 6) is 0.933. The molecule has 2 aliphatic carbocycles. The highest BCUT2D eigenvalue weighted by Crippen LogP contribution is 2.66. The van der Waals surface area contributed by atoms with Crippen LogP contribution in [-0.4, -0.2) is 23.4 Å². The molecule has 0 N–H and O–H groups in total. The number of rotatable bonds is 1. The average Bonchev–Trinajstić information content (AvgIpc) is 2.79. The molecule has 0 amide bonds. The van der Waals surface area contributed by atoms with E-state index in [1.807, 2.05) is 0 Å². The highest BCUT2D eigenvalue weighted by atomic mass is 15.1. The number of hydrogen-bond donors (Lipinski definition) is 0. The Bertz CT molecular complexity index is 583. The lowest BCUT2D eigenvalue weighted by atomic mass is 9.69. The summed E-state index contributed by atoms with van der Waals surface area (Å²) in [6.07, 6.45) is 7.93. The Hall–Kier alpha value is -1.11. The first kappa shape index (κ1) is 12.6. The van der Waals surface area contributed by atoms with Gasteiger partial charge in [-0.1, -0.05) is 39.0 Å². The van der Waals surface area contributed by atoms with Gasteiger partial charge in [-0.2, -0.15) is 0 Å². The summed E-state index contributed by atoms with van der Waals surface area (Å²) in [4.78, 5) is 0. The van der Waals surface area contributed by atoms with Gasteiger partial charge in [0.05, 0.1) is 0 Å². The second-order valence-electron chi connectivity index (χ2n) is 7.94. The van der Waals surface area contributed by atoms with Crippen LogP contribution in [0.2, 0.25) is 0 Å². The third kappa shape index (κ3) is 1.47. The molecule has 3 aliphatic rings. The molecule has 1 aromatic carbocycles. The van der Waals surface area contributed by atoms with E-state index < -0.39 is 0 Å². The maximum Gasteiger partial charge on any atom is 0.171 e. The largest absolute Gasteiger partial charge is 0.232 e. The van der Waals surface area contributed by atoms with Gasteiger partial charge in [-0.25, -0.2) is 4.58 Å². The Morgan fingerprint density at radius 3 is 2.65 bits per heavy atom. The fraction of sp³-hybridized carbons (Fsp3) is 0.632. The second-order valence-corrected chi connectivity index (χ2v) is 7.94. The number of hydrogen-bond acceptors (Lipinski definition) is 0. The van der Waals surface area contributed by atoms with Crippen molar-refractivity contribution in [2.45, 2.75) is 52.5 Å². The van der Waals surface area contributed by atoms with Gasteiger partial charge in [-0.3, -0.25) is 0 Å². The molecular formula is C19H26N+. The smallest absolute Gasteiger partial charge is 0.171 e. The van der Waals surface area contributed by atoms with E-state index in [0.717, 1.165) is 12.0 Å². The van der Waals surface area contributed by atoms with Gasteiger partial charge in [0, 0.05) is 23.8 Å². The fourth-order valence-corrected chi connectivity index (χ4v) is 5.29. The highest BCUT2D eigenvalue weighted by molar-refractivity contribution is 5.78. The molecule has 1 nitrogen and oxygen atoms in total. The molecule has 3 atom stereocenters. The van der Waals surface area contributed by atoms with E-state index in [9.17, 15) is 0 Å². The standard InChI is InChI=1S/C19H26N/c1-18(2)16-8-10-19(18,3)17(12-16)20-11-9-14-6-4-5-7-15(14)13-20/h4-7,13,16-17H,8-12H2,1-3H3/q+1/t16-,17-,19+/m1/s1. The van der Waals surface area contributed by atoms with Crippen LogP contribution in [0, 0.1) is 16.7 Å². The SMILES string of the molecule is CC1(C)[C@@H]2CC[C@@]1(C)[C@H]([N+]1=Cc3ccccc3CC1)C2. The normalized spacial score (nSPS) is 37.6. The molecule has 0 aromatic heterocycles. The van der Waals surface area contributed by atoms with Gasteiger partial charge in [0.1, 0.15) is 6.54 Å². The summed E-state index contributed by atoms with van der Waals surface area (Å²) < 4.78 is 2.68. The molecule has 0 radical (unpaired) electrons. The monoisotopic (exact) mass is 268 g/mol. The third-order valence-electron chi connectivity index (χ3n) is 7.15. The summed E-state index contributed by atoms with van der Waals surface area (Å²) in [5, 5.41) is 0. The summed E-state index contributed by atoms with van der Waals surface area (Å²) in [5.41, 5.74) is 3.99. The Morgan fingerprint density at radius 2 is 1.95 bits per heavy atom. The molecule has 0 unspecified atom stereocenters. The van der Waals surface area contributed by atoms with Crippen molar-refractivity contribution >= 4 is 6.21 Å². The number of nitrogens with zero attached hydrogens (tertiary/aromatic N) is 1. The quantitative estimate of drug-likeness (QED) is 0.680. The van der Waals surface area contributed by atoms with Gasteiger partial charge in [0.25, 0.3) is 0 Å². The molecule has 106 valence electrons. The molecule has 0 saturated heterocycles. The summed E-state index contributed by atoms with van der Waals surface area (Å²) in [6, 6.07) is 9.66. The lowest BCUT2D eigenvalue weighted by molar-refractivity contribution is -0.579. The van der Waals surface area contributed by atoms with Crippen LogP contribution >= 0.6 is 0 Å². The minimum Gasteiger partial charge on any atom is -0.232 e. The van der Waals surface area contributed by atoms with Crippen LogP contribution < -0.4 is 0 Å². The zero-order valence-corrected chi connectivity index (χ0v) is 13.0. The zero-order chi connectivity index (χ0) is 14.0. The van der Waals surface area contributed by atoms with E-state index in [1.54, 1.807) is 0 Å². The first-order chi connectivity index (χ1) is 9.52. The molecule has 1 heteroatoms. The van der Waals surface area contributed by atoms with Crippen molar-refractivity contribution in [3.05, 3.63) is 35.4 Å². The van der Waals surface area contributed by atoms with Crippen molar-refractivity contribution in [2.75, 3.05) is 6.54 Å². The first-order valence-electron chi connectivity index (χ1n) is 8.21. The predicted octanol–water partition coefficient (Wildman–Crippen LogP) is 3.89. The van der Waals surface area contributed by atoms with Crippen molar-refractivity contribution in [2.24, 2.45) is 16.7 Å². The van der Waals surface area contributed by atoms with Gasteiger partial charge in [-0.15, -0.1) is 0 Å². The van der Waals surface area contributed by atoms with Crippen LogP contribution in [0.3, 0.4) is 0 Å². The molecule has 1 heterocycles. The topological polar surface area (TPSA) is 3.01 Å². The van der Waals surface area contributed by atoms with Gasteiger partial charge in [0.15, 0.2) is 12.3 Å². The van der Waals surface area contributed by atoms with Crippen molar-refractivity contribution in [1.29, 1.82) is 0 Å². The van der Waals surface area contributed by atoms with Crippen molar-refractivity contribution < 1.29 is 4.58 Å². The zero-order valence-electron chi connectivity index (χ0n) is 13.0. The molecule has 20 heavy (non-hydrogen) atoms. The van der Waals surface area contributed by atoms with Gasteiger partial charge in [0.2, 0.25) is 0 Å². The number of fused-ring (bicyclic) bond motifs is 3. The van der Waals surface area contributed by atoms with E-state index in [-0.39, 0.29) is 0 Å². The number of benzene rings is 1. The van der Waals surface area contributed by atoms with Crippen LogP contribution in [0.25, 0.3) is 0 Å². The maximum atomic E-state index is 2.68. The van der Waals surface area contributed by atoms with Crippen LogP contribution in [0.5, 0.6) is 0 Å². The molecule has 0 spiro atoms. The third-order valence-corrected chi connectivity index (χ3v) is 7.15. The molecule has 2 saturated carbocycles. The Kier molecular flexibility index (Phi) is 2.50. The van der Waals surface area contributed by atoms with E-state index in [4.69, 9.17) is 0 Å². The Labute approximate surface area is 122 Å². The maximum absolute atomic E-state index is 2.68. The molecule has 2 bridgehead atoms. The Balaban J connectivity index is 1.73. The Morgan fingerprint density at radius 1 is 1.15 bits per heavy atom. The van der Waals surface area contributed by atoms with Crippen LogP contribution in [0.4, 0.5) is 0 Å². The van der Waals surface area contributed by atoms with Crippen molar-refractivity contribution in [3.63, 3.8) is 0 Å². The highest BCUT2D eigenvalue weighted by Gasteiger charge is 2.65. The predicted molar refractivity (Wildman–Crippen MR) is 83.5 cm³/mol. The lowest BCUT2D eigenvalue weighted by Crippen LogP contribution is -2.44. The minimum absolute atomic E-state index is 0.500. The molecule has 4 rings (SSSR count). The minimum atomic E-state index is 0.500. The average molecular weight is 268 g/mol. The van der Waals surface area contributed by atoms with Crippen LogP contribution in [0.15, 0.2) is 24.3 Å². The van der Waals surface area contributed by atoms with Gasteiger partial charge >= 0.3 is 0 Å². The van der Waals surface area contributed by atoms with Crippen molar-refractivity contribution in [1.82, 2.24) is 0 Å². The van der Waals surface area contributed by atoms with Gasteiger partial charge < -0.3 is 0 Å². The van der Waals surface area contributed by atoms with Gasteiger partial charge in [-0.05, 0) is 35.8 Å². The summed E-state index contributed by atoms with van der Waals surface area (Å²) >= 11 is 0. The van der Waals surface area contributed by atoms with Crippen LogP contribution in [0.1, 0.15) is 51.2 Å². The summed E-state index contributed by atoms with van der Waals surface area (Å²) in [6.45, 7) is 8.80. The summed E-state index contributed by atoms with van der Waals surface area (Å²) in [7, 11) is 0. The van der Waals surface area contributed by atoms with E-state index in [1.165, 1.54) is 43.4 Å². The van der Waals surface area contributed by atoms with Crippen molar-refractivity contribution in [3.8, 4) is 0 Å². The second kappa shape index (κ2) is 3.96. The molecule has 2 fully saturated rings.